The van der Waals surface area contributed by atoms with Crippen molar-refractivity contribution >= 4 is 17.6 Å². The van der Waals surface area contributed by atoms with Gasteiger partial charge in [-0.15, -0.1) is 0 Å². The highest BCUT2D eigenvalue weighted by Gasteiger charge is 2.17. The predicted octanol–water partition coefficient (Wildman–Crippen LogP) is 3.35. The van der Waals surface area contributed by atoms with Crippen LogP contribution in [0.5, 0.6) is 11.5 Å². The summed E-state index contributed by atoms with van der Waals surface area (Å²) in [7, 11) is 0. The SMILES string of the molecule is CCc1ccc(C(=O)NC(=NC[C@@H]2CCCO2)Nc2ccc3c(c2)OCO3)cc1. The van der Waals surface area contributed by atoms with E-state index in [1.54, 1.807) is 0 Å². The van der Waals surface area contributed by atoms with Crippen LogP contribution in [0.25, 0.3) is 0 Å². The van der Waals surface area contributed by atoms with Crippen molar-refractivity contribution in [2.24, 2.45) is 4.99 Å². The zero-order valence-electron chi connectivity index (χ0n) is 16.4. The minimum atomic E-state index is -0.216. The van der Waals surface area contributed by atoms with Crippen LogP contribution in [0.4, 0.5) is 5.69 Å². The zero-order chi connectivity index (χ0) is 20.1. The number of aliphatic imine (C=N–C) groups is 1. The highest BCUT2D eigenvalue weighted by molar-refractivity contribution is 6.10. The lowest BCUT2D eigenvalue weighted by Gasteiger charge is -2.14. The number of aryl methyl sites for hydroxylation is 1. The molecule has 2 aliphatic heterocycles. The van der Waals surface area contributed by atoms with Gasteiger partial charge in [-0.2, -0.15) is 0 Å². The Morgan fingerprint density at radius 2 is 1.97 bits per heavy atom. The smallest absolute Gasteiger partial charge is 0.257 e. The summed E-state index contributed by atoms with van der Waals surface area (Å²) in [5.74, 6) is 1.53. The van der Waals surface area contributed by atoms with Crippen molar-refractivity contribution in [1.82, 2.24) is 5.32 Å². The first-order chi connectivity index (χ1) is 14.2. The molecule has 2 aromatic rings. The van der Waals surface area contributed by atoms with Gasteiger partial charge < -0.3 is 19.5 Å². The molecule has 2 heterocycles. The Kier molecular flexibility index (Phi) is 5.95. The first-order valence-electron chi connectivity index (χ1n) is 9.94. The number of hydrogen-bond donors (Lipinski definition) is 2. The van der Waals surface area contributed by atoms with Crippen LogP contribution in [-0.2, 0) is 11.2 Å². The topological polar surface area (TPSA) is 81.2 Å². The summed E-state index contributed by atoms with van der Waals surface area (Å²) in [6.07, 6.45) is 3.04. The first kappa shape index (κ1) is 19.3. The van der Waals surface area contributed by atoms with Crippen LogP contribution < -0.4 is 20.1 Å². The van der Waals surface area contributed by atoms with E-state index in [1.807, 2.05) is 42.5 Å². The lowest BCUT2D eigenvalue weighted by Crippen LogP contribution is -2.36. The zero-order valence-corrected chi connectivity index (χ0v) is 16.4. The number of carbonyl (C=O) groups excluding carboxylic acids is 1. The minimum Gasteiger partial charge on any atom is -0.454 e. The number of benzene rings is 2. The fourth-order valence-corrected chi connectivity index (χ4v) is 3.27. The van der Waals surface area contributed by atoms with Crippen molar-refractivity contribution in [2.75, 3.05) is 25.3 Å². The molecule has 29 heavy (non-hydrogen) atoms. The third kappa shape index (κ3) is 4.86. The molecule has 152 valence electrons. The molecule has 2 aromatic carbocycles. The maximum Gasteiger partial charge on any atom is 0.257 e. The molecule has 0 saturated carbocycles. The van der Waals surface area contributed by atoms with Crippen molar-refractivity contribution in [3.05, 3.63) is 53.6 Å². The van der Waals surface area contributed by atoms with Crippen LogP contribution in [0.2, 0.25) is 0 Å². The average Bonchev–Trinajstić information content (AvgIpc) is 3.43. The molecule has 0 spiro atoms. The molecule has 0 unspecified atom stereocenters. The molecule has 0 aromatic heterocycles. The van der Waals surface area contributed by atoms with Crippen LogP contribution in [0.1, 0.15) is 35.7 Å². The molecule has 1 amide bonds. The fourth-order valence-electron chi connectivity index (χ4n) is 3.27. The van der Waals surface area contributed by atoms with Gasteiger partial charge in [-0.05, 0) is 49.1 Å². The van der Waals surface area contributed by atoms with Crippen molar-refractivity contribution in [3.8, 4) is 11.5 Å². The molecule has 4 rings (SSSR count). The number of anilines is 1. The van der Waals surface area contributed by atoms with E-state index < -0.39 is 0 Å². The molecule has 2 aliphatic rings. The van der Waals surface area contributed by atoms with Gasteiger partial charge in [-0.25, -0.2) is 4.99 Å². The van der Waals surface area contributed by atoms with Crippen LogP contribution >= 0.6 is 0 Å². The lowest BCUT2D eigenvalue weighted by molar-refractivity contribution is 0.0975. The molecule has 1 fully saturated rings. The summed E-state index contributed by atoms with van der Waals surface area (Å²) in [5.41, 5.74) is 2.52. The van der Waals surface area contributed by atoms with Gasteiger partial charge in [0.1, 0.15) is 0 Å². The van der Waals surface area contributed by atoms with E-state index in [2.05, 4.69) is 22.5 Å². The van der Waals surface area contributed by atoms with E-state index in [0.717, 1.165) is 31.6 Å². The fraction of sp³-hybridized carbons (Fsp3) is 0.364. The van der Waals surface area contributed by atoms with E-state index in [1.165, 1.54) is 5.56 Å². The maximum absolute atomic E-state index is 12.7. The first-order valence-corrected chi connectivity index (χ1v) is 9.94. The van der Waals surface area contributed by atoms with Crippen molar-refractivity contribution in [3.63, 3.8) is 0 Å². The normalized spacial score (nSPS) is 18.0. The second-order valence-electron chi connectivity index (χ2n) is 7.02. The molecular formula is C22H25N3O4. The van der Waals surface area contributed by atoms with E-state index in [9.17, 15) is 4.79 Å². The quantitative estimate of drug-likeness (QED) is 0.599. The Hall–Kier alpha value is -3.06. The molecule has 0 radical (unpaired) electrons. The third-order valence-electron chi connectivity index (χ3n) is 4.97. The summed E-state index contributed by atoms with van der Waals surface area (Å²) in [6, 6.07) is 13.1. The van der Waals surface area contributed by atoms with Gasteiger partial charge in [-0.1, -0.05) is 19.1 Å². The largest absolute Gasteiger partial charge is 0.454 e. The lowest BCUT2D eigenvalue weighted by atomic mass is 10.1. The molecule has 1 saturated heterocycles. The Morgan fingerprint density at radius 3 is 2.72 bits per heavy atom. The summed E-state index contributed by atoms with van der Waals surface area (Å²) in [6.45, 7) is 3.55. The van der Waals surface area contributed by atoms with Gasteiger partial charge in [0, 0.05) is 23.9 Å². The summed E-state index contributed by atoms with van der Waals surface area (Å²) >= 11 is 0. The van der Waals surface area contributed by atoms with Gasteiger partial charge in [-0.3, -0.25) is 10.1 Å². The monoisotopic (exact) mass is 395 g/mol. The number of nitrogens with zero attached hydrogens (tertiary/aromatic N) is 1. The molecule has 7 nitrogen and oxygen atoms in total. The van der Waals surface area contributed by atoms with Crippen molar-refractivity contribution in [1.29, 1.82) is 0 Å². The Labute approximate surface area is 170 Å². The van der Waals surface area contributed by atoms with Gasteiger partial charge in [0.05, 0.1) is 12.6 Å². The summed E-state index contributed by atoms with van der Waals surface area (Å²) in [5, 5.41) is 6.07. The molecule has 0 bridgehead atoms. The Morgan fingerprint density at radius 1 is 1.14 bits per heavy atom. The van der Waals surface area contributed by atoms with Gasteiger partial charge in [0.2, 0.25) is 12.8 Å². The van der Waals surface area contributed by atoms with E-state index in [0.29, 0.717) is 29.6 Å². The minimum absolute atomic E-state index is 0.0873. The molecule has 7 heteroatoms. The predicted molar refractivity (Wildman–Crippen MR) is 111 cm³/mol. The summed E-state index contributed by atoms with van der Waals surface area (Å²) in [4.78, 5) is 17.3. The number of guanidine groups is 1. The number of hydrogen-bond acceptors (Lipinski definition) is 5. The van der Waals surface area contributed by atoms with Gasteiger partial charge >= 0.3 is 0 Å². The number of carbonyl (C=O) groups is 1. The molecule has 2 N–H and O–H groups in total. The Bertz CT molecular complexity index is 889. The van der Waals surface area contributed by atoms with E-state index >= 15 is 0 Å². The number of ether oxygens (including phenoxy) is 3. The average molecular weight is 395 g/mol. The van der Waals surface area contributed by atoms with Gasteiger partial charge in [0.25, 0.3) is 5.91 Å². The number of fused-ring (bicyclic) bond motifs is 1. The standard InChI is InChI=1S/C22H25N3O4/c1-2-15-5-7-16(8-6-15)21(26)25-22(23-13-18-4-3-11-27-18)24-17-9-10-19-20(12-17)29-14-28-19/h5-10,12,18H,2-4,11,13-14H2,1H3,(H2,23,24,25,26)/t18-/m0/s1. The van der Waals surface area contributed by atoms with Gasteiger partial charge in [0.15, 0.2) is 11.5 Å². The molecular weight excluding hydrogens is 370 g/mol. The van der Waals surface area contributed by atoms with Crippen LogP contribution in [-0.4, -0.2) is 37.9 Å². The van der Waals surface area contributed by atoms with E-state index in [-0.39, 0.29) is 18.8 Å². The highest BCUT2D eigenvalue weighted by Crippen LogP contribution is 2.34. The second kappa shape index (κ2) is 8.96. The van der Waals surface area contributed by atoms with Crippen LogP contribution in [0.3, 0.4) is 0 Å². The third-order valence-corrected chi connectivity index (χ3v) is 4.97. The van der Waals surface area contributed by atoms with Crippen LogP contribution in [0, 0.1) is 0 Å². The molecule has 1 atom stereocenters. The molecule has 0 aliphatic carbocycles. The van der Waals surface area contributed by atoms with Crippen molar-refractivity contribution < 1.29 is 19.0 Å². The highest BCUT2D eigenvalue weighted by atomic mass is 16.7. The summed E-state index contributed by atoms with van der Waals surface area (Å²) < 4.78 is 16.4. The number of rotatable bonds is 5. The van der Waals surface area contributed by atoms with Crippen molar-refractivity contribution in [2.45, 2.75) is 32.3 Å². The van der Waals surface area contributed by atoms with E-state index in [4.69, 9.17) is 14.2 Å². The van der Waals surface area contributed by atoms with Crippen LogP contribution in [0.15, 0.2) is 47.5 Å². The Balaban J connectivity index is 1.49. The maximum atomic E-state index is 12.7. The number of amides is 1. The number of nitrogens with one attached hydrogen (secondary N) is 2. The second-order valence-corrected chi connectivity index (χ2v) is 7.02.